The summed E-state index contributed by atoms with van der Waals surface area (Å²) >= 11 is 3.59. The summed E-state index contributed by atoms with van der Waals surface area (Å²) in [5.41, 5.74) is 12.7. The van der Waals surface area contributed by atoms with Gasteiger partial charge in [-0.3, -0.25) is 0 Å². The highest BCUT2D eigenvalue weighted by atomic mass is 32.1. The highest BCUT2D eigenvalue weighted by molar-refractivity contribution is 7.27. The first-order valence-electron chi connectivity index (χ1n) is 25.0. The Morgan fingerprint density at radius 2 is 0.707 bits per heavy atom. The minimum Gasteiger partial charge on any atom is -0.309 e. The smallest absolute Gasteiger partial charge is 0.102 e. The number of nitrogens with zero attached hydrogens (tertiary/aromatic N) is 5. The lowest BCUT2D eigenvalue weighted by Crippen LogP contribution is -2.11. The average molecular weight is 988 g/mol. The summed E-state index contributed by atoms with van der Waals surface area (Å²) in [6.07, 6.45) is 0. The third-order valence-corrected chi connectivity index (χ3v) is 17.9. The van der Waals surface area contributed by atoms with Gasteiger partial charge in [0.25, 0.3) is 0 Å². The number of rotatable bonds is 5. The maximum absolute atomic E-state index is 12.2. The summed E-state index contributed by atoms with van der Waals surface area (Å²) in [5.74, 6) is 0. The fourth-order valence-corrected chi connectivity index (χ4v) is 14.9. The SMILES string of the molecule is N#Cc1c(-c2ccccc2)c(C#N)c(-n2c3c(ccc4c5ccccc5sc43)c3ccc4c5ccccc5sc4c32)c(-c2ccccc2)c1-n1c2ccccc2c2cc(-n3c4ccccc4c4ccccc43)ccc21. The zero-order valence-corrected chi connectivity index (χ0v) is 41.5. The van der Waals surface area contributed by atoms with Crippen LogP contribution in [0, 0.1) is 22.7 Å². The quantitative estimate of drug-likeness (QED) is 0.172. The Balaban J connectivity index is 1.14. The Morgan fingerprint density at radius 3 is 1.23 bits per heavy atom. The van der Waals surface area contributed by atoms with Crippen LogP contribution in [0.2, 0.25) is 0 Å². The number of hydrogen-bond acceptors (Lipinski definition) is 4. The molecule has 0 radical (unpaired) electrons. The number of para-hydroxylation sites is 3. The number of benzene rings is 11. The monoisotopic (exact) mass is 987 g/mol. The molecule has 0 aliphatic heterocycles. The Morgan fingerprint density at radius 1 is 0.307 bits per heavy atom. The van der Waals surface area contributed by atoms with Crippen molar-refractivity contribution < 1.29 is 0 Å². The Bertz CT molecular complexity index is 5030. The zero-order chi connectivity index (χ0) is 49.5. The van der Waals surface area contributed by atoms with Crippen LogP contribution in [0.1, 0.15) is 11.1 Å². The fraction of sp³-hybridized carbons (Fsp3) is 0. The number of aromatic nitrogens is 3. The van der Waals surface area contributed by atoms with E-state index in [1.54, 1.807) is 22.7 Å². The van der Waals surface area contributed by atoms with Crippen molar-refractivity contribution in [3.8, 4) is 51.5 Å². The molecule has 346 valence electrons. The van der Waals surface area contributed by atoms with Crippen LogP contribution in [0.5, 0.6) is 0 Å². The van der Waals surface area contributed by atoms with Gasteiger partial charge in [-0.25, -0.2) is 0 Å². The molecule has 0 saturated heterocycles. The molecule has 5 aromatic heterocycles. The van der Waals surface area contributed by atoms with Crippen molar-refractivity contribution >= 4 is 128 Å². The van der Waals surface area contributed by atoms with E-state index in [0.29, 0.717) is 16.7 Å². The van der Waals surface area contributed by atoms with Gasteiger partial charge < -0.3 is 13.7 Å². The van der Waals surface area contributed by atoms with E-state index in [2.05, 4.69) is 214 Å². The van der Waals surface area contributed by atoms with Gasteiger partial charge in [-0.15, -0.1) is 22.7 Å². The number of nitriles is 2. The van der Waals surface area contributed by atoms with Gasteiger partial charge in [0.05, 0.1) is 65.0 Å². The highest BCUT2D eigenvalue weighted by Crippen LogP contribution is 2.53. The summed E-state index contributed by atoms with van der Waals surface area (Å²) < 4.78 is 11.8. The van der Waals surface area contributed by atoms with E-state index in [1.165, 1.54) is 30.9 Å². The molecule has 0 atom stereocenters. The van der Waals surface area contributed by atoms with Crippen LogP contribution in [0.3, 0.4) is 0 Å². The lowest BCUT2D eigenvalue weighted by Gasteiger charge is -2.25. The highest BCUT2D eigenvalue weighted by Gasteiger charge is 2.33. The van der Waals surface area contributed by atoms with E-state index >= 15 is 0 Å². The minimum absolute atomic E-state index is 0.425. The lowest BCUT2D eigenvalue weighted by atomic mass is 9.86. The van der Waals surface area contributed by atoms with Crippen LogP contribution in [-0.2, 0) is 0 Å². The molecule has 0 spiro atoms. The first-order valence-corrected chi connectivity index (χ1v) is 26.7. The van der Waals surface area contributed by atoms with E-state index < -0.39 is 0 Å². The summed E-state index contributed by atoms with van der Waals surface area (Å²) in [5, 5.41) is 35.7. The van der Waals surface area contributed by atoms with Gasteiger partial charge in [-0.05, 0) is 59.7 Å². The molecular weight excluding hydrogens is 951 g/mol. The molecule has 0 amide bonds. The molecule has 5 heterocycles. The first kappa shape index (κ1) is 41.8. The molecule has 75 heavy (non-hydrogen) atoms. The molecule has 16 rings (SSSR count). The summed E-state index contributed by atoms with van der Waals surface area (Å²) in [6.45, 7) is 0. The number of fused-ring (bicyclic) bond motifs is 17. The van der Waals surface area contributed by atoms with E-state index in [1.807, 2.05) is 36.4 Å². The zero-order valence-electron chi connectivity index (χ0n) is 39.9. The molecule has 0 saturated carbocycles. The van der Waals surface area contributed by atoms with Gasteiger partial charge >= 0.3 is 0 Å². The second kappa shape index (κ2) is 15.9. The average Bonchev–Trinajstić information content (AvgIpc) is 4.30. The Labute approximate surface area is 437 Å². The molecule has 7 heteroatoms. The molecule has 5 nitrogen and oxygen atoms in total. The van der Waals surface area contributed by atoms with Crippen molar-refractivity contribution in [3.05, 3.63) is 236 Å². The van der Waals surface area contributed by atoms with Gasteiger partial charge in [0, 0.05) is 80.1 Å². The lowest BCUT2D eigenvalue weighted by molar-refractivity contribution is 1.12. The topological polar surface area (TPSA) is 62.4 Å². The molecule has 0 N–H and O–H groups in total. The molecule has 0 aliphatic carbocycles. The second-order valence-electron chi connectivity index (χ2n) is 19.3. The van der Waals surface area contributed by atoms with Crippen LogP contribution in [0.4, 0.5) is 0 Å². The summed E-state index contributed by atoms with van der Waals surface area (Å²) in [4.78, 5) is 0. The van der Waals surface area contributed by atoms with Gasteiger partial charge in [-0.2, -0.15) is 10.5 Å². The van der Waals surface area contributed by atoms with Crippen molar-refractivity contribution in [2.45, 2.75) is 0 Å². The van der Waals surface area contributed by atoms with Crippen molar-refractivity contribution in [3.63, 3.8) is 0 Å². The predicted molar refractivity (Wildman–Crippen MR) is 316 cm³/mol. The third-order valence-electron chi connectivity index (χ3n) is 15.5. The van der Waals surface area contributed by atoms with Gasteiger partial charge in [-0.1, -0.05) is 176 Å². The Kier molecular flexibility index (Phi) is 8.85. The van der Waals surface area contributed by atoms with E-state index in [0.717, 1.165) is 109 Å². The van der Waals surface area contributed by atoms with E-state index in [4.69, 9.17) is 0 Å². The number of hydrogen-bond donors (Lipinski definition) is 0. The van der Waals surface area contributed by atoms with Gasteiger partial charge in [0.2, 0.25) is 0 Å². The van der Waals surface area contributed by atoms with Crippen molar-refractivity contribution in [1.29, 1.82) is 10.5 Å². The number of thiophene rings is 2. The molecule has 0 aliphatic rings. The van der Waals surface area contributed by atoms with Crippen molar-refractivity contribution in [2.24, 2.45) is 0 Å². The fourth-order valence-electron chi connectivity index (χ4n) is 12.5. The molecule has 11 aromatic carbocycles. The second-order valence-corrected chi connectivity index (χ2v) is 21.4. The molecule has 16 aromatic rings. The largest absolute Gasteiger partial charge is 0.309 e. The summed E-state index contributed by atoms with van der Waals surface area (Å²) in [7, 11) is 0. The van der Waals surface area contributed by atoms with Crippen molar-refractivity contribution in [2.75, 3.05) is 0 Å². The molecule has 0 unspecified atom stereocenters. The van der Waals surface area contributed by atoms with Crippen molar-refractivity contribution in [1.82, 2.24) is 13.7 Å². The van der Waals surface area contributed by atoms with Crippen LogP contribution >= 0.6 is 22.7 Å². The van der Waals surface area contributed by atoms with Gasteiger partial charge in [0.1, 0.15) is 12.1 Å². The van der Waals surface area contributed by atoms with Crippen LogP contribution < -0.4 is 0 Å². The predicted octanol–water partition coefficient (Wildman–Crippen LogP) is 18.8. The molecule has 0 fully saturated rings. The van der Waals surface area contributed by atoms with E-state index in [9.17, 15) is 10.5 Å². The Hall–Kier alpha value is -9.76. The molecule has 0 bridgehead atoms. The minimum atomic E-state index is 0.425. The van der Waals surface area contributed by atoms with E-state index in [-0.39, 0.29) is 0 Å². The standard InChI is InChI=1S/C68H37N5S2/c69-38-53-61(40-17-3-1-4-18-40)54(39-70)64(73-65-48(32-34-50-46-24-10-15-29-59(46)74-67(50)65)49-33-35-51-47-25-11-16-30-60(47)75-68(51)66(49)73)62(41-19-5-2-6-20-41)63(53)72-57-28-14-9-23-45(57)52-37-42(31-36-58(52)72)71-55-26-12-7-21-43(55)44-22-8-13-27-56(44)71/h1-37H. The summed E-state index contributed by atoms with van der Waals surface area (Å²) in [6, 6.07) is 85.2. The normalized spacial score (nSPS) is 12.0. The molecular formula is C68H37N5S2. The maximum Gasteiger partial charge on any atom is 0.102 e. The van der Waals surface area contributed by atoms with Crippen LogP contribution in [0.25, 0.3) is 145 Å². The first-order chi connectivity index (χ1) is 37.2. The van der Waals surface area contributed by atoms with Crippen LogP contribution in [0.15, 0.2) is 224 Å². The maximum atomic E-state index is 12.2. The van der Waals surface area contributed by atoms with Gasteiger partial charge in [0.15, 0.2) is 0 Å². The third kappa shape index (κ3) is 5.74. The van der Waals surface area contributed by atoms with Crippen LogP contribution in [-0.4, -0.2) is 13.7 Å².